The SMILES string of the molecule is CC1CCC(NC(=O)C2C3C4CCC(C4)C23)(C(=O)O)CC1. The number of carboxylic acid groups (broad SMARTS) is 1. The first-order chi connectivity index (χ1) is 10.0. The Morgan fingerprint density at radius 2 is 1.62 bits per heavy atom. The molecular weight excluding hydrogens is 266 g/mol. The molecule has 0 spiro atoms. The second-order valence-corrected chi connectivity index (χ2v) is 8.07. The maximum atomic E-state index is 12.6. The summed E-state index contributed by atoms with van der Waals surface area (Å²) in [5.41, 5.74) is -0.987. The molecule has 21 heavy (non-hydrogen) atoms. The highest BCUT2D eigenvalue weighted by atomic mass is 16.4. The van der Waals surface area contributed by atoms with E-state index in [4.69, 9.17) is 0 Å². The number of carbonyl (C=O) groups is 2. The molecule has 2 N–H and O–H groups in total. The molecule has 0 aromatic carbocycles. The molecule has 0 heterocycles. The average molecular weight is 291 g/mol. The Bertz CT molecular complexity index is 464. The van der Waals surface area contributed by atoms with Crippen molar-refractivity contribution in [3.8, 4) is 0 Å². The number of hydrogen-bond donors (Lipinski definition) is 2. The average Bonchev–Trinajstić information content (AvgIpc) is 2.90. The third-order valence-electron chi connectivity index (χ3n) is 6.94. The predicted octanol–water partition coefficient (Wildman–Crippen LogP) is 2.43. The Morgan fingerprint density at radius 1 is 1.05 bits per heavy atom. The molecule has 4 unspecified atom stereocenters. The van der Waals surface area contributed by atoms with Crippen molar-refractivity contribution in [3.63, 3.8) is 0 Å². The summed E-state index contributed by atoms with van der Waals surface area (Å²) >= 11 is 0. The maximum Gasteiger partial charge on any atom is 0.329 e. The van der Waals surface area contributed by atoms with Crippen LogP contribution in [0.3, 0.4) is 0 Å². The van der Waals surface area contributed by atoms with Gasteiger partial charge in [0.15, 0.2) is 0 Å². The fourth-order valence-corrected chi connectivity index (χ4v) is 5.64. The van der Waals surface area contributed by atoms with Crippen LogP contribution in [0.2, 0.25) is 0 Å². The van der Waals surface area contributed by atoms with Crippen molar-refractivity contribution in [3.05, 3.63) is 0 Å². The fraction of sp³-hybridized carbons (Fsp3) is 0.882. The van der Waals surface area contributed by atoms with Crippen molar-refractivity contribution in [2.45, 2.75) is 57.4 Å². The Balaban J connectivity index is 1.45. The number of hydrogen-bond acceptors (Lipinski definition) is 2. The van der Waals surface area contributed by atoms with Crippen LogP contribution in [-0.2, 0) is 9.59 Å². The minimum absolute atomic E-state index is 0.0403. The number of nitrogens with one attached hydrogen (secondary N) is 1. The largest absolute Gasteiger partial charge is 0.480 e. The smallest absolute Gasteiger partial charge is 0.329 e. The van der Waals surface area contributed by atoms with Crippen molar-refractivity contribution < 1.29 is 14.7 Å². The molecule has 2 bridgehead atoms. The van der Waals surface area contributed by atoms with E-state index < -0.39 is 11.5 Å². The predicted molar refractivity (Wildman–Crippen MR) is 77.4 cm³/mol. The zero-order valence-electron chi connectivity index (χ0n) is 12.7. The van der Waals surface area contributed by atoms with Crippen LogP contribution in [0.15, 0.2) is 0 Å². The van der Waals surface area contributed by atoms with E-state index in [1.165, 1.54) is 19.3 Å². The molecule has 4 rings (SSSR count). The molecule has 0 saturated heterocycles. The van der Waals surface area contributed by atoms with Gasteiger partial charge in [0.1, 0.15) is 5.54 Å². The summed E-state index contributed by atoms with van der Waals surface area (Å²) in [7, 11) is 0. The fourth-order valence-electron chi connectivity index (χ4n) is 5.64. The van der Waals surface area contributed by atoms with E-state index in [9.17, 15) is 14.7 Å². The van der Waals surface area contributed by atoms with Gasteiger partial charge in [0, 0.05) is 5.92 Å². The lowest BCUT2D eigenvalue weighted by molar-refractivity contribution is -0.150. The Hall–Kier alpha value is -1.06. The van der Waals surface area contributed by atoms with Gasteiger partial charge >= 0.3 is 5.97 Å². The topological polar surface area (TPSA) is 66.4 Å². The third-order valence-corrected chi connectivity index (χ3v) is 6.94. The highest BCUT2D eigenvalue weighted by molar-refractivity contribution is 5.90. The second-order valence-electron chi connectivity index (χ2n) is 8.07. The number of fused-ring (bicyclic) bond motifs is 5. The molecule has 0 aromatic heterocycles. The zero-order valence-corrected chi connectivity index (χ0v) is 12.7. The van der Waals surface area contributed by atoms with Gasteiger partial charge < -0.3 is 10.4 Å². The summed E-state index contributed by atoms with van der Waals surface area (Å²) < 4.78 is 0. The highest BCUT2D eigenvalue weighted by Gasteiger charge is 2.68. The molecule has 4 aliphatic rings. The van der Waals surface area contributed by atoms with Crippen molar-refractivity contribution in [1.29, 1.82) is 0 Å². The van der Waals surface area contributed by atoms with Crippen LogP contribution in [0, 0.1) is 35.5 Å². The first-order valence-electron chi connectivity index (χ1n) is 8.57. The van der Waals surface area contributed by atoms with Gasteiger partial charge in [0.25, 0.3) is 0 Å². The molecule has 0 aromatic rings. The minimum atomic E-state index is -0.987. The molecule has 4 fully saturated rings. The van der Waals surface area contributed by atoms with Crippen LogP contribution in [0.4, 0.5) is 0 Å². The number of amides is 1. The van der Waals surface area contributed by atoms with E-state index in [1.54, 1.807) is 0 Å². The van der Waals surface area contributed by atoms with Gasteiger partial charge in [0.05, 0.1) is 0 Å². The van der Waals surface area contributed by atoms with Crippen molar-refractivity contribution in [2.75, 3.05) is 0 Å². The molecule has 4 aliphatic carbocycles. The lowest BCUT2D eigenvalue weighted by Gasteiger charge is -2.36. The summed E-state index contributed by atoms with van der Waals surface area (Å²) in [5, 5.41) is 12.6. The van der Waals surface area contributed by atoms with Crippen LogP contribution < -0.4 is 5.32 Å². The van der Waals surface area contributed by atoms with E-state index in [0.717, 1.165) is 24.7 Å². The normalized spacial score (nSPS) is 50.5. The second kappa shape index (κ2) is 4.47. The van der Waals surface area contributed by atoms with E-state index >= 15 is 0 Å². The monoisotopic (exact) mass is 291 g/mol. The molecule has 4 heteroatoms. The van der Waals surface area contributed by atoms with Gasteiger partial charge in [-0.25, -0.2) is 4.79 Å². The quantitative estimate of drug-likeness (QED) is 0.839. The lowest BCUT2D eigenvalue weighted by atomic mass is 9.77. The van der Waals surface area contributed by atoms with E-state index in [1.807, 2.05) is 0 Å². The molecular formula is C17H25NO3. The van der Waals surface area contributed by atoms with Crippen LogP contribution in [0.5, 0.6) is 0 Å². The highest BCUT2D eigenvalue weighted by Crippen LogP contribution is 2.69. The molecule has 4 saturated carbocycles. The molecule has 0 radical (unpaired) electrons. The number of aliphatic carboxylic acids is 1. The standard InChI is InChI=1S/C17H25NO3/c1-9-4-6-17(7-5-9,16(20)21)18-15(19)14-12-10-2-3-11(8-10)13(12)14/h9-14H,2-8H2,1H3,(H,18,19)(H,20,21). The van der Waals surface area contributed by atoms with Gasteiger partial charge in [-0.2, -0.15) is 0 Å². The lowest BCUT2D eigenvalue weighted by Crippen LogP contribution is -2.57. The summed E-state index contributed by atoms with van der Waals surface area (Å²) in [5.74, 6) is 2.58. The van der Waals surface area contributed by atoms with Crippen molar-refractivity contribution in [1.82, 2.24) is 5.32 Å². The van der Waals surface area contributed by atoms with E-state index in [0.29, 0.717) is 30.6 Å². The van der Waals surface area contributed by atoms with Gasteiger partial charge in [0.2, 0.25) is 5.91 Å². The Labute approximate surface area is 125 Å². The number of carbonyl (C=O) groups excluding carboxylic acids is 1. The Morgan fingerprint density at radius 3 is 2.14 bits per heavy atom. The summed E-state index contributed by atoms with van der Waals surface area (Å²) in [6.45, 7) is 2.16. The first-order valence-corrected chi connectivity index (χ1v) is 8.57. The van der Waals surface area contributed by atoms with Crippen LogP contribution in [0.1, 0.15) is 51.9 Å². The van der Waals surface area contributed by atoms with Crippen LogP contribution in [0.25, 0.3) is 0 Å². The van der Waals surface area contributed by atoms with Gasteiger partial charge in [-0.1, -0.05) is 6.92 Å². The molecule has 1 amide bonds. The van der Waals surface area contributed by atoms with Crippen molar-refractivity contribution >= 4 is 11.9 Å². The van der Waals surface area contributed by atoms with Crippen molar-refractivity contribution in [2.24, 2.45) is 35.5 Å². The Kier molecular flexibility index (Phi) is 2.89. The molecule has 0 aliphatic heterocycles. The first kappa shape index (κ1) is 13.6. The number of rotatable bonds is 3. The molecule has 4 nitrogen and oxygen atoms in total. The van der Waals surface area contributed by atoms with E-state index in [-0.39, 0.29) is 11.8 Å². The molecule has 4 atom stereocenters. The van der Waals surface area contributed by atoms with Gasteiger partial charge in [-0.15, -0.1) is 0 Å². The summed E-state index contributed by atoms with van der Waals surface area (Å²) in [6, 6.07) is 0. The maximum absolute atomic E-state index is 12.6. The van der Waals surface area contributed by atoms with Gasteiger partial charge in [-0.05, 0) is 74.5 Å². The van der Waals surface area contributed by atoms with E-state index in [2.05, 4.69) is 12.2 Å². The summed E-state index contributed by atoms with van der Waals surface area (Å²) in [4.78, 5) is 24.4. The van der Waals surface area contributed by atoms with Gasteiger partial charge in [-0.3, -0.25) is 4.79 Å². The van der Waals surface area contributed by atoms with Crippen LogP contribution >= 0.6 is 0 Å². The minimum Gasteiger partial charge on any atom is -0.480 e. The molecule has 116 valence electrons. The number of carboxylic acids is 1. The zero-order chi connectivity index (χ0) is 14.8. The van der Waals surface area contributed by atoms with Crippen LogP contribution in [-0.4, -0.2) is 22.5 Å². The third kappa shape index (κ3) is 1.94. The summed E-state index contributed by atoms with van der Waals surface area (Å²) in [6.07, 6.45) is 6.87.